The van der Waals surface area contributed by atoms with Crippen molar-refractivity contribution < 1.29 is 19.0 Å². The molecule has 1 atom stereocenters. The molecule has 0 radical (unpaired) electrons. The van der Waals surface area contributed by atoms with E-state index in [1.165, 1.54) is 7.11 Å². The van der Waals surface area contributed by atoms with Gasteiger partial charge in [0.15, 0.2) is 6.10 Å². The fraction of sp³-hybridized carbons (Fsp3) is 0.450. The molecule has 0 aliphatic heterocycles. The summed E-state index contributed by atoms with van der Waals surface area (Å²) in [6, 6.07) is 4.13. The van der Waals surface area contributed by atoms with Gasteiger partial charge in [0.05, 0.1) is 12.9 Å². The number of rotatable bonds is 8. The maximum Gasteiger partial charge on any atom is 0.346 e. The largest absolute Gasteiger partial charge is 0.489 e. The lowest BCUT2D eigenvalue weighted by molar-refractivity contribution is -0.150. The van der Waals surface area contributed by atoms with Gasteiger partial charge in [0.2, 0.25) is 0 Å². The van der Waals surface area contributed by atoms with E-state index in [-0.39, 0.29) is 0 Å². The standard InChI is InChI=1S/C20H28O4/c1-8-17(24-16(6)20(21)22-7)11-18-15(5)9-14(4)10-19(18)23-12-13(2)3/h8-10,16H,2,11-12H2,1,3-7H3/b17-8-. The maximum atomic E-state index is 11.6. The van der Waals surface area contributed by atoms with E-state index in [4.69, 9.17) is 14.2 Å². The molecule has 0 amide bonds. The third kappa shape index (κ3) is 5.76. The van der Waals surface area contributed by atoms with Crippen molar-refractivity contribution in [1.29, 1.82) is 0 Å². The highest BCUT2D eigenvalue weighted by atomic mass is 16.6. The van der Waals surface area contributed by atoms with E-state index in [1.54, 1.807) is 6.92 Å². The summed E-state index contributed by atoms with van der Waals surface area (Å²) in [5.41, 5.74) is 4.27. The lowest BCUT2D eigenvalue weighted by Gasteiger charge is -2.19. The number of hydrogen-bond acceptors (Lipinski definition) is 4. The number of aryl methyl sites for hydroxylation is 2. The Labute approximate surface area is 145 Å². The number of ether oxygens (including phenoxy) is 3. The van der Waals surface area contributed by atoms with E-state index >= 15 is 0 Å². The molecule has 0 saturated heterocycles. The summed E-state index contributed by atoms with van der Waals surface area (Å²) in [7, 11) is 1.35. The summed E-state index contributed by atoms with van der Waals surface area (Å²) in [4.78, 5) is 11.6. The van der Waals surface area contributed by atoms with Gasteiger partial charge in [0.1, 0.15) is 12.4 Å². The van der Waals surface area contributed by atoms with Crippen molar-refractivity contribution in [1.82, 2.24) is 0 Å². The van der Waals surface area contributed by atoms with Crippen LogP contribution in [0, 0.1) is 13.8 Å². The highest BCUT2D eigenvalue weighted by Gasteiger charge is 2.18. The van der Waals surface area contributed by atoms with Crippen LogP contribution in [-0.2, 0) is 20.7 Å². The number of allylic oxidation sites excluding steroid dienone is 2. The molecule has 0 N–H and O–H groups in total. The lowest BCUT2D eigenvalue weighted by atomic mass is 10.0. The van der Waals surface area contributed by atoms with Gasteiger partial charge >= 0.3 is 5.97 Å². The van der Waals surface area contributed by atoms with E-state index in [9.17, 15) is 4.79 Å². The van der Waals surface area contributed by atoms with Gasteiger partial charge in [-0.25, -0.2) is 4.79 Å². The van der Waals surface area contributed by atoms with Gasteiger partial charge in [-0.2, -0.15) is 0 Å². The minimum absolute atomic E-state index is 0.395. The SMILES string of the molecule is C=C(C)COc1cc(C)cc(C)c1C/C(=C/C)OC(C)C(=O)OC. The molecular weight excluding hydrogens is 304 g/mol. The second-order valence-electron chi connectivity index (χ2n) is 6.02. The van der Waals surface area contributed by atoms with E-state index in [2.05, 4.69) is 12.6 Å². The van der Waals surface area contributed by atoms with Crippen molar-refractivity contribution in [3.8, 4) is 5.75 Å². The molecule has 24 heavy (non-hydrogen) atoms. The number of esters is 1. The van der Waals surface area contributed by atoms with Gasteiger partial charge in [0.25, 0.3) is 0 Å². The second-order valence-corrected chi connectivity index (χ2v) is 6.02. The van der Waals surface area contributed by atoms with E-state index in [0.717, 1.165) is 28.0 Å². The summed E-state index contributed by atoms with van der Waals surface area (Å²) >= 11 is 0. The highest BCUT2D eigenvalue weighted by Crippen LogP contribution is 2.28. The maximum absolute atomic E-state index is 11.6. The summed E-state index contributed by atoms with van der Waals surface area (Å²) in [6.07, 6.45) is 1.77. The molecule has 132 valence electrons. The van der Waals surface area contributed by atoms with Crippen molar-refractivity contribution in [3.05, 3.63) is 52.8 Å². The molecule has 0 fully saturated rings. The molecule has 4 nitrogen and oxygen atoms in total. The van der Waals surface area contributed by atoms with Crippen molar-refractivity contribution >= 4 is 5.97 Å². The van der Waals surface area contributed by atoms with Crippen molar-refractivity contribution in [2.24, 2.45) is 0 Å². The topological polar surface area (TPSA) is 44.8 Å². The monoisotopic (exact) mass is 332 g/mol. The average Bonchev–Trinajstić information content (AvgIpc) is 2.53. The van der Waals surface area contributed by atoms with Crippen LogP contribution in [0.4, 0.5) is 0 Å². The number of benzene rings is 1. The average molecular weight is 332 g/mol. The first kappa shape index (κ1) is 19.8. The van der Waals surface area contributed by atoms with Crippen LogP contribution in [0.15, 0.2) is 36.1 Å². The number of methoxy groups -OCH3 is 1. The van der Waals surface area contributed by atoms with Crippen LogP contribution in [0.25, 0.3) is 0 Å². The quantitative estimate of drug-likeness (QED) is 0.405. The van der Waals surface area contributed by atoms with Crippen LogP contribution in [-0.4, -0.2) is 25.8 Å². The van der Waals surface area contributed by atoms with Crippen LogP contribution in [0.5, 0.6) is 5.75 Å². The van der Waals surface area contributed by atoms with Crippen molar-refractivity contribution in [2.45, 2.75) is 47.1 Å². The van der Waals surface area contributed by atoms with Crippen LogP contribution in [0.1, 0.15) is 37.5 Å². The Balaban J connectivity index is 3.02. The molecule has 0 aliphatic carbocycles. The summed E-state index contributed by atoms with van der Waals surface area (Å²) in [6.45, 7) is 13.9. The predicted molar refractivity (Wildman–Crippen MR) is 96.2 cm³/mol. The van der Waals surface area contributed by atoms with Gasteiger partial charge in [-0.05, 0) is 63.5 Å². The first-order valence-electron chi connectivity index (χ1n) is 8.05. The zero-order valence-corrected chi connectivity index (χ0v) is 15.6. The normalized spacial score (nSPS) is 12.5. The minimum atomic E-state index is -0.647. The molecule has 1 unspecified atom stereocenters. The number of carbonyl (C=O) groups is 1. The molecule has 0 aliphatic rings. The molecule has 4 heteroatoms. The van der Waals surface area contributed by atoms with Crippen LogP contribution >= 0.6 is 0 Å². The van der Waals surface area contributed by atoms with Gasteiger partial charge < -0.3 is 14.2 Å². The fourth-order valence-electron chi connectivity index (χ4n) is 2.34. The Bertz CT molecular complexity index is 629. The van der Waals surface area contributed by atoms with Gasteiger partial charge in [-0.15, -0.1) is 0 Å². The van der Waals surface area contributed by atoms with E-state index < -0.39 is 12.1 Å². The molecule has 0 saturated carbocycles. The number of hydrogen-bond donors (Lipinski definition) is 0. The van der Waals surface area contributed by atoms with Crippen LogP contribution < -0.4 is 4.74 Å². The molecule has 1 aromatic rings. The Morgan fingerprint density at radius 1 is 1.33 bits per heavy atom. The van der Waals surface area contributed by atoms with Gasteiger partial charge in [0, 0.05) is 12.0 Å². The first-order valence-corrected chi connectivity index (χ1v) is 8.05. The number of carbonyl (C=O) groups excluding carboxylic acids is 1. The van der Waals surface area contributed by atoms with Crippen LogP contribution in [0.3, 0.4) is 0 Å². The van der Waals surface area contributed by atoms with Crippen molar-refractivity contribution in [2.75, 3.05) is 13.7 Å². The smallest absolute Gasteiger partial charge is 0.346 e. The van der Waals surface area contributed by atoms with Gasteiger partial charge in [-0.3, -0.25) is 0 Å². The van der Waals surface area contributed by atoms with E-state index in [0.29, 0.717) is 18.8 Å². The predicted octanol–water partition coefficient (Wildman–Crippen LogP) is 4.28. The molecule has 1 aromatic carbocycles. The summed E-state index contributed by atoms with van der Waals surface area (Å²) < 4.78 is 16.4. The zero-order valence-electron chi connectivity index (χ0n) is 15.6. The summed E-state index contributed by atoms with van der Waals surface area (Å²) in [5.74, 6) is 1.14. The first-order chi connectivity index (χ1) is 11.3. The van der Waals surface area contributed by atoms with E-state index in [1.807, 2.05) is 39.8 Å². The molecule has 0 heterocycles. The molecular formula is C20H28O4. The Morgan fingerprint density at radius 2 is 2.00 bits per heavy atom. The Morgan fingerprint density at radius 3 is 2.54 bits per heavy atom. The third-order valence-corrected chi connectivity index (χ3v) is 3.58. The van der Waals surface area contributed by atoms with Gasteiger partial charge in [-0.1, -0.05) is 12.6 Å². The third-order valence-electron chi connectivity index (χ3n) is 3.58. The Hall–Kier alpha value is -2.23. The zero-order chi connectivity index (χ0) is 18.3. The minimum Gasteiger partial charge on any atom is -0.489 e. The van der Waals surface area contributed by atoms with Crippen LogP contribution in [0.2, 0.25) is 0 Å². The molecule has 0 aromatic heterocycles. The fourth-order valence-corrected chi connectivity index (χ4v) is 2.34. The van der Waals surface area contributed by atoms with Crippen molar-refractivity contribution in [3.63, 3.8) is 0 Å². The summed E-state index contributed by atoms with van der Waals surface area (Å²) in [5, 5.41) is 0. The Kier molecular flexibility index (Phi) is 7.56. The lowest BCUT2D eigenvalue weighted by Crippen LogP contribution is -2.22. The second kappa shape index (κ2) is 9.16. The molecule has 1 rings (SSSR count). The highest BCUT2D eigenvalue weighted by molar-refractivity contribution is 5.74. The molecule has 0 spiro atoms. The molecule has 0 bridgehead atoms.